The van der Waals surface area contributed by atoms with Gasteiger partial charge in [-0.15, -0.1) is 10.2 Å². The molecule has 0 amide bonds. The van der Waals surface area contributed by atoms with Gasteiger partial charge < -0.3 is 0 Å². The van der Waals surface area contributed by atoms with Crippen molar-refractivity contribution in [2.24, 2.45) is 0 Å². The van der Waals surface area contributed by atoms with Crippen LogP contribution in [0, 0.1) is 0 Å². The summed E-state index contributed by atoms with van der Waals surface area (Å²) in [7, 11) is 0. The van der Waals surface area contributed by atoms with Crippen LogP contribution in [-0.4, -0.2) is 10.2 Å². The lowest BCUT2D eigenvalue weighted by atomic mass is 9.98. The summed E-state index contributed by atoms with van der Waals surface area (Å²) in [4.78, 5) is 0. The van der Waals surface area contributed by atoms with Gasteiger partial charge >= 0.3 is 0 Å². The van der Waals surface area contributed by atoms with Crippen LogP contribution in [0.1, 0.15) is 50.1 Å². The average molecular weight is 246 g/mol. The summed E-state index contributed by atoms with van der Waals surface area (Å²) in [5.41, 5.74) is 2.57. The monoisotopic (exact) mass is 246 g/mol. The van der Waals surface area contributed by atoms with E-state index in [1.165, 1.54) is 11.1 Å². The van der Waals surface area contributed by atoms with E-state index >= 15 is 0 Å². The van der Waals surface area contributed by atoms with Crippen LogP contribution in [0.3, 0.4) is 0 Å². The average Bonchev–Trinajstić information content (AvgIpc) is 2.78. The summed E-state index contributed by atoms with van der Waals surface area (Å²) in [5, 5.41) is 10.7. The molecular weight excluding hydrogens is 228 g/mol. The normalized spacial score (nSPS) is 11.4. The largest absolute Gasteiger partial charge is 0.148 e. The van der Waals surface area contributed by atoms with E-state index < -0.39 is 0 Å². The lowest BCUT2D eigenvalue weighted by Crippen LogP contribution is -1.91. The van der Waals surface area contributed by atoms with Crippen LogP contribution in [-0.2, 0) is 0 Å². The molecule has 0 N–H and O–H groups in total. The first-order valence-corrected chi connectivity index (χ1v) is 6.84. The number of rotatable bonds is 3. The summed E-state index contributed by atoms with van der Waals surface area (Å²) < 4.78 is 0. The molecule has 0 fully saturated rings. The van der Waals surface area contributed by atoms with Crippen molar-refractivity contribution < 1.29 is 0 Å². The van der Waals surface area contributed by atoms with Crippen LogP contribution in [0.15, 0.2) is 24.3 Å². The van der Waals surface area contributed by atoms with Gasteiger partial charge in [0.2, 0.25) is 0 Å². The maximum Gasteiger partial charge on any atom is 0.148 e. The zero-order valence-corrected chi connectivity index (χ0v) is 11.6. The van der Waals surface area contributed by atoms with Gasteiger partial charge in [-0.3, -0.25) is 0 Å². The van der Waals surface area contributed by atoms with Gasteiger partial charge in [0.05, 0.1) is 0 Å². The van der Waals surface area contributed by atoms with E-state index in [9.17, 15) is 0 Å². The third kappa shape index (κ3) is 2.55. The van der Waals surface area contributed by atoms with Crippen molar-refractivity contribution in [3.05, 3.63) is 34.8 Å². The summed E-state index contributed by atoms with van der Waals surface area (Å²) in [6.45, 7) is 8.73. The number of nitrogens with zero attached hydrogens (tertiary/aromatic N) is 2. The Hall–Kier alpha value is -1.22. The first-order chi connectivity index (χ1) is 8.09. The summed E-state index contributed by atoms with van der Waals surface area (Å²) >= 11 is 1.70. The van der Waals surface area contributed by atoms with Crippen LogP contribution in [0.2, 0.25) is 0 Å². The van der Waals surface area contributed by atoms with Crippen LogP contribution in [0.25, 0.3) is 10.6 Å². The molecule has 0 spiro atoms. The van der Waals surface area contributed by atoms with Gasteiger partial charge in [0.25, 0.3) is 0 Å². The minimum Gasteiger partial charge on any atom is -0.143 e. The minimum atomic E-state index is 0.451. The molecule has 0 unspecified atom stereocenters. The Morgan fingerprint density at radius 1 is 0.941 bits per heavy atom. The first-order valence-electron chi connectivity index (χ1n) is 6.02. The van der Waals surface area contributed by atoms with Crippen molar-refractivity contribution in [3.8, 4) is 10.6 Å². The fourth-order valence-electron chi connectivity index (χ4n) is 1.77. The highest BCUT2D eigenvalue weighted by atomic mass is 32.1. The Balaban J connectivity index is 2.45. The molecule has 2 nitrogen and oxygen atoms in total. The van der Waals surface area contributed by atoms with Gasteiger partial charge in [-0.1, -0.05) is 63.3 Å². The number of aromatic nitrogens is 2. The summed E-state index contributed by atoms with van der Waals surface area (Å²) in [6, 6.07) is 8.47. The molecule has 0 saturated carbocycles. The molecule has 1 aromatic carbocycles. The Bertz CT molecular complexity index is 500. The summed E-state index contributed by atoms with van der Waals surface area (Å²) in [6.07, 6.45) is 0. The fourth-order valence-corrected chi connectivity index (χ4v) is 2.66. The van der Waals surface area contributed by atoms with Gasteiger partial charge in [0.1, 0.15) is 10.0 Å². The van der Waals surface area contributed by atoms with E-state index in [-0.39, 0.29) is 0 Å². The van der Waals surface area contributed by atoms with E-state index in [1.807, 2.05) is 0 Å². The third-order valence-electron chi connectivity index (χ3n) is 2.75. The molecule has 17 heavy (non-hydrogen) atoms. The zero-order valence-electron chi connectivity index (χ0n) is 10.8. The Labute approximate surface area is 107 Å². The van der Waals surface area contributed by atoms with E-state index in [0.29, 0.717) is 11.8 Å². The molecule has 0 bridgehead atoms. The third-order valence-corrected chi connectivity index (χ3v) is 4.00. The van der Waals surface area contributed by atoms with Crippen molar-refractivity contribution in [1.82, 2.24) is 10.2 Å². The first kappa shape index (κ1) is 12.2. The van der Waals surface area contributed by atoms with Gasteiger partial charge in [0, 0.05) is 11.5 Å². The molecule has 0 radical (unpaired) electrons. The smallest absolute Gasteiger partial charge is 0.143 e. The number of hydrogen-bond donors (Lipinski definition) is 0. The molecule has 0 aliphatic rings. The molecule has 3 heteroatoms. The SMILES string of the molecule is CC(C)c1nnc(-c2ccccc2C(C)C)s1. The van der Waals surface area contributed by atoms with E-state index in [0.717, 1.165) is 10.0 Å². The Morgan fingerprint density at radius 2 is 1.65 bits per heavy atom. The van der Waals surface area contributed by atoms with Crippen molar-refractivity contribution in [2.45, 2.75) is 39.5 Å². The fraction of sp³-hybridized carbons (Fsp3) is 0.429. The standard InChI is InChI=1S/C14H18N2S/c1-9(2)11-7-5-6-8-12(11)14-16-15-13(17-14)10(3)4/h5-10H,1-4H3. The van der Waals surface area contributed by atoms with Crippen molar-refractivity contribution in [1.29, 1.82) is 0 Å². The molecular formula is C14H18N2S. The zero-order chi connectivity index (χ0) is 12.4. The molecule has 0 atom stereocenters. The van der Waals surface area contributed by atoms with E-state index in [4.69, 9.17) is 0 Å². The highest BCUT2D eigenvalue weighted by molar-refractivity contribution is 7.14. The number of benzene rings is 1. The summed E-state index contributed by atoms with van der Waals surface area (Å²) in [5.74, 6) is 0.963. The highest BCUT2D eigenvalue weighted by Crippen LogP contribution is 2.32. The van der Waals surface area contributed by atoms with Crippen LogP contribution in [0.4, 0.5) is 0 Å². The molecule has 0 aliphatic carbocycles. The predicted octanol–water partition coefficient (Wildman–Crippen LogP) is 4.45. The van der Waals surface area contributed by atoms with Crippen LogP contribution in [0.5, 0.6) is 0 Å². The van der Waals surface area contributed by atoms with Gasteiger partial charge in [-0.2, -0.15) is 0 Å². The second-order valence-electron chi connectivity index (χ2n) is 4.84. The quantitative estimate of drug-likeness (QED) is 0.799. The second kappa shape index (κ2) is 4.96. The lowest BCUT2D eigenvalue weighted by molar-refractivity contribution is 0.824. The lowest BCUT2D eigenvalue weighted by Gasteiger charge is -2.09. The maximum atomic E-state index is 4.32. The minimum absolute atomic E-state index is 0.451. The van der Waals surface area contributed by atoms with E-state index in [1.54, 1.807) is 11.3 Å². The molecule has 90 valence electrons. The van der Waals surface area contributed by atoms with Crippen LogP contribution >= 0.6 is 11.3 Å². The number of hydrogen-bond acceptors (Lipinski definition) is 3. The molecule has 2 rings (SSSR count). The van der Waals surface area contributed by atoms with Crippen molar-refractivity contribution in [3.63, 3.8) is 0 Å². The Kier molecular flexibility index (Phi) is 3.57. The molecule has 1 aromatic heterocycles. The molecule has 0 saturated heterocycles. The Morgan fingerprint density at radius 3 is 2.24 bits per heavy atom. The topological polar surface area (TPSA) is 25.8 Å². The maximum absolute atomic E-state index is 4.32. The predicted molar refractivity (Wildman–Crippen MR) is 73.5 cm³/mol. The van der Waals surface area contributed by atoms with Gasteiger partial charge in [-0.05, 0) is 11.5 Å². The molecule has 2 aromatic rings. The highest BCUT2D eigenvalue weighted by Gasteiger charge is 2.13. The van der Waals surface area contributed by atoms with Gasteiger partial charge in [-0.25, -0.2) is 0 Å². The molecule has 0 aliphatic heterocycles. The van der Waals surface area contributed by atoms with Gasteiger partial charge in [0.15, 0.2) is 0 Å². The van der Waals surface area contributed by atoms with E-state index in [2.05, 4.69) is 62.2 Å². The van der Waals surface area contributed by atoms with Crippen molar-refractivity contribution in [2.75, 3.05) is 0 Å². The van der Waals surface area contributed by atoms with Crippen molar-refractivity contribution >= 4 is 11.3 Å². The second-order valence-corrected chi connectivity index (χ2v) is 5.85. The molecule has 1 heterocycles. The van der Waals surface area contributed by atoms with Crippen LogP contribution < -0.4 is 0 Å².